The topological polar surface area (TPSA) is 52.6 Å². The van der Waals surface area contributed by atoms with Crippen molar-refractivity contribution in [3.8, 4) is 5.75 Å². The smallest absolute Gasteiger partial charge is 0.374 e. The lowest BCUT2D eigenvalue weighted by Crippen LogP contribution is -2.17. The van der Waals surface area contributed by atoms with E-state index in [0.717, 1.165) is 11.3 Å². The molecule has 0 spiro atoms. The number of carbonyl (C=O) groups excluding carboxylic acids is 2. The van der Waals surface area contributed by atoms with Crippen LogP contribution in [0.1, 0.15) is 12.5 Å². The number of methoxy groups -OCH3 is 1. The highest BCUT2D eigenvalue weighted by Crippen LogP contribution is 2.12. The molecule has 0 aliphatic heterocycles. The normalized spacial score (nSPS) is 9.62. The maximum Gasteiger partial charge on any atom is 0.374 e. The minimum atomic E-state index is -0.811. The third-order valence-electron chi connectivity index (χ3n) is 2.01. The summed E-state index contributed by atoms with van der Waals surface area (Å²) in [6.45, 7) is 2.50. The Bertz CT molecular complexity index is 367. The van der Waals surface area contributed by atoms with Crippen LogP contribution in [0.15, 0.2) is 24.3 Å². The Hall–Kier alpha value is -1.84. The Labute approximate surface area is 94.2 Å². The van der Waals surface area contributed by atoms with Crippen LogP contribution in [0.5, 0.6) is 5.75 Å². The molecule has 0 aliphatic carbocycles. The first-order valence-corrected chi connectivity index (χ1v) is 5.00. The molecule has 0 heterocycles. The first-order valence-electron chi connectivity index (χ1n) is 5.00. The number of ketones is 1. The highest BCUT2D eigenvalue weighted by atomic mass is 16.5. The van der Waals surface area contributed by atoms with Crippen LogP contribution in [-0.2, 0) is 20.7 Å². The van der Waals surface area contributed by atoms with E-state index >= 15 is 0 Å². The molecule has 0 aliphatic rings. The average molecular weight is 222 g/mol. The van der Waals surface area contributed by atoms with Crippen LogP contribution >= 0.6 is 0 Å². The first kappa shape index (κ1) is 12.2. The Morgan fingerprint density at radius 3 is 2.31 bits per heavy atom. The predicted octanol–water partition coefficient (Wildman–Crippen LogP) is 1.37. The molecule has 0 aromatic heterocycles. The lowest BCUT2D eigenvalue weighted by Gasteiger charge is -2.04. The third kappa shape index (κ3) is 3.38. The molecule has 1 aromatic rings. The Morgan fingerprint density at radius 2 is 1.81 bits per heavy atom. The van der Waals surface area contributed by atoms with E-state index in [1.807, 2.05) is 6.92 Å². The fourth-order valence-electron chi connectivity index (χ4n) is 1.24. The molecule has 1 aromatic carbocycles. The van der Waals surface area contributed by atoms with Gasteiger partial charge in [0, 0.05) is 6.42 Å². The van der Waals surface area contributed by atoms with Crippen molar-refractivity contribution in [3.05, 3.63) is 29.8 Å². The Morgan fingerprint density at radius 1 is 1.19 bits per heavy atom. The second-order valence-corrected chi connectivity index (χ2v) is 3.17. The summed E-state index contributed by atoms with van der Waals surface area (Å²) in [7, 11) is 1.19. The van der Waals surface area contributed by atoms with Crippen LogP contribution in [0.4, 0.5) is 0 Å². The van der Waals surface area contributed by atoms with E-state index in [1.54, 1.807) is 24.3 Å². The van der Waals surface area contributed by atoms with E-state index in [-0.39, 0.29) is 6.42 Å². The summed E-state index contributed by atoms with van der Waals surface area (Å²) in [6, 6.07) is 7.05. The standard InChI is InChI=1S/C12H14O4/c1-3-16-10-6-4-9(5-7-10)8-11(13)12(14)15-2/h4-7H,3,8H2,1-2H3. The van der Waals surface area contributed by atoms with E-state index in [9.17, 15) is 9.59 Å². The lowest BCUT2D eigenvalue weighted by molar-refractivity contribution is -0.151. The number of esters is 1. The third-order valence-corrected chi connectivity index (χ3v) is 2.01. The fourth-order valence-corrected chi connectivity index (χ4v) is 1.24. The molecule has 0 atom stereocenters. The molecule has 0 amide bonds. The second kappa shape index (κ2) is 5.90. The van der Waals surface area contributed by atoms with Gasteiger partial charge in [-0.25, -0.2) is 4.79 Å². The van der Waals surface area contributed by atoms with E-state index in [2.05, 4.69) is 4.74 Å². The van der Waals surface area contributed by atoms with Gasteiger partial charge in [0.2, 0.25) is 5.78 Å². The number of hydrogen-bond donors (Lipinski definition) is 0. The van der Waals surface area contributed by atoms with Crippen molar-refractivity contribution in [2.24, 2.45) is 0 Å². The molecule has 0 unspecified atom stereocenters. The van der Waals surface area contributed by atoms with Gasteiger partial charge in [-0.3, -0.25) is 4.79 Å². The molecule has 16 heavy (non-hydrogen) atoms. The molecule has 0 fully saturated rings. The highest BCUT2D eigenvalue weighted by molar-refractivity contribution is 6.34. The van der Waals surface area contributed by atoms with Gasteiger partial charge in [-0.05, 0) is 24.6 Å². The Kier molecular flexibility index (Phi) is 4.51. The molecule has 0 saturated carbocycles. The second-order valence-electron chi connectivity index (χ2n) is 3.17. The maximum absolute atomic E-state index is 11.2. The summed E-state index contributed by atoms with van der Waals surface area (Å²) >= 11 is 0. The number of hydrogen-bond acceptors (Lipinski definition) is 4. The minimum absolute atomic E-state index is 0.0546. The van der Waals surface area contributed by atoms with Crippen molar-refractivity contribution in [1.29, 1.82) is 0 Å². The summed E-state index contributed by atoms with van der Waals surface area (Å²) in [4.78, 5) is 22.1. The van der Waals surface area contributed by atoms with E-state index < -0.39 is 11.8 Å². The van der Waals surface area contributed by atoms with Crippen LogP contribution in [0.2, 0.25) is 0 Å². The largest absolute Gasteiger partial charge is 0.494 e. The molecule has 0 radical (unpaired) electrons. The number of ether oxygens (including phenoxy) is 2. The van der Waals surface area contributed by atoms with Crippen LogP contribution < -0.4 is 4.74 Å². The van der Waals surface area contributed by atoms with Gasteiger partial charge in [-0.15, -0.1) is 0 Å². The SMILES string of the molecule is CCOc1ccc(CC(=O)C(=O)OC)cc1. The van der Waals surface area contributed by atoms with Crippen molar-refractivity contribution in [2.45, 2.75) is 13.3 Å². The number of benzene rings is 1. The predicted molar refractivity (Wildman–Crippen MR) is 58.3 cm³/mol. The first-order chi connectivity index (χ1) is 7.67. The molecule has 1 rings (SSSR count). The Balaban J connectivity index is 2.61. The van der Waals surface area contributed by atoms with Gasteiger partial charge >= 0.3 is 5.97 Å². The van der Waals surface area contributed by atoms with Crippen LogP contribution in [0.25, 0.3) is 0 Å². The molecule has 4 nitrogen and oxygen atoms in total. The summed E-state index contributed by atoms with van der Waals surface area (Å²) in [5, 5.41) is 0. The molecule has 86 valence electrons. The van der Waals surface area contributed by atoms with Gasteiger partial charge in [0.1, 0.15) is 5.75 Å². The summed E-state index contributed by atoms with van der Waals surface area (Å²) in [6.07, 6.45) is 0.0546. The zero-order chi connectivity index (χ0) is 12.0. The maximum atomic E-state index is 11.2. The van der Waals surface area contributed by atoms with Gasteiger partial charge in [0.05, 0.1) is 13.7 Å². The molecule has 4 heteroatoms. The van der Waals surface area contributed by atoms with E-state index in [4.69, 9.17) is 4.74 Å². The van der Waals surface area contributed by atoms with Crippen LogP contribution in [-0.4, -0.2) is 25.5 Å². The number of rotatable bonds is 5. The molecular weight excluding hydrogens is 208 g/mol. The van der Waals surface area contributed by atoms with E-state index in [1.165, 1.54) is 7.11 Å². The zero-order valence-electron chi connectivity index (χ0n) is 9.36. The lowest BCUT2D eigenvalue weighted by atomic mass is 10.1. The fraction of sp³-hybridized carbons (Fsp3) is 0.333. The van der Waals surface area contributed by atoms with Crippen molar-refractivity contribution in [1.82, 2.24) is 0 Å². The van der Waals surface area contributed by atoms with Crippen molar-refractivity contribution in [3.63, 3.8) is 0 Å². The molecular formula is C12H14O4. The summed E-state index contributed by atoms with van der Waals surface area (Å²) < 4.78 is 9.59. The highest BCUT2D eigenvalue weighted by Gasteiger charge is 2.13. The van der Waals surface area contributed by atoms with Gasteiger partial charge in [0.25, 0.3) is 0 Å². The van der Waals surface area contributed by atoms with Gasteiger partial charge in [0.15, 0.2) is 0 Å². The van der Waals surface area contributed by atoms with Gasteiger partial charge in [-0.2, -0.15) is 0 Å². The van der Waals surface area contributed by atoms with Crippen molar-refractivity contribution < 1.29 is 19.1 Å². The molecule has 0 N–H and O–H groups in total. The van der Waals surface area contributed by atoms with Gasteiger partial charge < -0.3 is 9.47 Å². The molecule has 0 bridgehead atoms. The van der Waals surface area contributed by atoms with Crippen molar-refractivity contribution >= 4 is 11.8 Å². The summed E-state index contributed by atoms with van der Waals surface area (Å²) in [5.74, 6) is -0.614. The van der Waals surface area contributed by atoms with E-state index in [0.29, 0.717) is 6.61 Å². The minimum Gasteiger partial charge on any atom is -0.494 e. The zero-order valence-corrected chi connectivity index (χ0v) is 9.36. The number of Topliss-reactive ketones (excluding diaryl/α,β-unsaturated/α-hetero) is 1. The quantitative estimate of drug-likeness (QED) is 0.557. The van der Waals surface area contributed by atoms with Gasteiger partial charge in [-0.1, -0.05) is 12.1 Å². The number of carbonyl (C=O) groups is 2. The molecule has 0 saturated heterocycles. The van der Waals surface area contributed by atoms with Crippen LogP contribution in [0, 0.1) is 0 Å². The van der Waals surface area contributed by atoms with Crippen LogP contribution in [0.3, 0.4) is 0 Å². The van der Waals surface area contributed by atoms with Crippen molar-refractivity contribution in [2.75, 3.05) is 13.7 Å². The summed E-state index contributed by atoms with van der Waals surface area (Å²) in [5.41, 5.74) is 0.763. The monoisotopic (exact) mass is 222 g/mol. The average Bonchev–Trinajstić information content (AvgIpc) is 2.31.